The highest BCUT2D eigenvalue weighted by Gasteiger charge is 2.19. The molecule has 0 aromatic carbocycles. The molecule has 1 unspecified atom stereocenters. The van der Waals surface area contributed by atoms with Gasteiger partial charge in [-0.2, -0.15) is 0 Å². The molecule has 2 nitrogen and oxygen atoms in total. The highest BCUT2D eigenvalue weighted by Crippen LogP contribution is 2.10. The minimum atomic E-state index is 0.788. The average molecular weight is 198 g/mol. The lowest BCUT2D eigenvalue weighted by molar-refractivity contribution is 0.152. The molecule has 1 saturated heterocycles. The molecule has 1 rings (SSSR count). The Labute approximate surface area is 89.1 Å². The van der Waals surface area contributed by atoms with Gasteiger partial charge in [-0.3, -0.25) is 4.90 Å². The molecule has 0 amide bonds. The Hall–Kier alpha value is -0.0800. The summed E-state index contributed by atoms with van der Waals surface area (Å²) in [5.41, 5.74) is 0. The first-order chi connectivity index (χ1) is 6.74. The van der Waals surface area contributed by atoms with Gasteiger partial charge in [0.2, 0.25) is 0 Å². The second kappa shape index (κ2) is 6.41. The lowest BCUT2D eigenvalue weighted by atomic mass is 10.1. The highest BCUT2D eigenvalue weighted by atomic mass is 15.2. The van der Waals surface area contributed by atoms with Crippen molar-refractivity contribution >= 4 is 0 Å². The summed E-state index contributed by atoms with van der Waals surface area (Å²) < 4.78 is 0. The van der Waals surface area contributed by atoms with E-state index in [2.05, 4.69) is 31.0 Å². The van der Waals surface area contributed by atoms with Crippen molar-refractivity contribution in [2.75, 3.05) is 26.2 Å². The van der Waals surface area contributed by atoms with Crippen LogP contribution < -0.4 is 5.32 Å². The van der Waals surface area contributed by atoms with Crippen LogP contribution in [0.25, 0.3) is 0 Å². The molecule has 14 heavy (non-hydrogen) atoms. The van der Waals surface area contributed by atoms with Crippen molar-refractivity contribution in [3.63, 3.8) is 0 Å². The molecule has 0 saturated carbocycles. The lowest BCUT2D eigenvalue weighted by Gasteiger charge is -2.35. The molecular weight excluding hydrogens is 172 g/mol. The molecule has 0 radical (unpaired) electrons. The first-order valence-electron chi connectivity index (χ1n) is 6.18. The van der Waals surface area contributed by atoms with Gasteiger partial charge in [0, 0.05) is 25.7 Å². The van der Waals surface area contributed by atoms with Crippen LogP contribution in [0.1, 0.15) is 40.0 Å². The number of rotatable bonds is 5. The summed E-state index contributed by atoms with van der Waals surface area (Å²) in [5, 5.41) is 3.47. The summed E-state index contributed by atoms with van der Waals surface area (Å²) in [4.78, 5) is 2.67. The van der Waals surface area contributed by atoms with Gasteiger partial charge in [0.1, 0.15) is 0 Å². The maximum Gasteiger partial charge on any atom is 0.0218 e. The van der Waals surface area contributed by atoms with Gasteiger partial charge in [-0.15, -0.1) is 0 Å². The first kappa shape index (κ1) is 12.0. The third-order valence-electron chi connectivity index (χ3n) is 3.17. The van der Waals surface area contributed by atoms with Crippen molar-refractivity contribution in [3.05, 3.63) is 0 Å². The predicted octanol–water partition coefficient (Wildman–Crippen LogP) is 2.11. The molecule has 84 valence electrons. The topological polar surface area (TPSA) is 15.3 Å². The van der Waals surface area contributed by atoms with Crippen LogP contribution in [0.5, 0.6) is 0 Å². The first-order valence-corrected chi connectivity index (χ1v) is 6.18. The molecule has 1 heterocycles. The number of hydrogen-bond acceptors (Lipinski definition) is 2. The van der Waals surface area contributed by atoms with Crippen LogP contribution in [0.3, 0.4) is 0 Å². The van der Waals surface area contributed by atoms with Crippen molar-refractivity contribution in [2.24, 2.45) is 5.92 Å². The van der Waals surface area contributed by atoms with E-state index < -0.39 is 0 Å². The Morgan fingerprint density at radius 3 is 2.86 bits per heavy atom. The third-order valence-corrected chi connectivity index (χ3v) is 3.17. The van der Waals surface area contributed by atoms with Crippen LogP contribution in [-0.2, 0) is 0 Å². The van der Waals surface area contributed by atoms with E-state index in [9.17, 15) is 0 Å². The van der Waals surface area contributed by atoms with Crippen LogP contribution in [0, 0.1) is 5.92 Å². The fourth-order valence-electron chi connectivity index (χ4n) is 2.20. The summed E-state index contributed by atoms with van der Waals surface area (Å²) in [7, 11) is 0. The molecular formula is C12H26N2. The quantitative estimate of drug-likeness (QED) is 0.728. The van der Waals surface area contributed by atoms with Gasteiger partial charge in [-0.05, 0) is 31.7 Å². The third kappa shape index (κ3) is 3.97. The zero-order valence-corrected chi connectivity index (χ0v) is 10.1. The minimum absolute atomic E-state index is 0.788. The summed E-state index contributed by atoms with van der Waals surface area (Å²) in [5.74, 6) is 0.859. The SMILES string of the molecule is CCC1CNCCN1CCCC(C)C. The molecule has 0 aromatic heterocycles. The Bertz CT molecular complexity index is 145. The molecule has 0 bridgehead atoms. The zero-order chi connectivity index (χ0) is 10.4. The van der Waals surface area contributed by atoms with Crippen molar-refractivity contribution < 1.29 is 0 Å². The van der Waals surface area contributed by atoms with E-state index in [1.165, 1.54) is 45.4 Å². The fraction of sp³-hybridized carbons (Fsp3) is 1.00. The molecule has 0 spiro atoms. The maximum atomic E-state index is 3.47. The zero-order valence-electron chi connectivity index (χ0n) is 10.1. The second-order valence-electron chi connectivity index (χ2n) is 4.84. The number of nitrogens with zero attached hydrogens (tertiary/aromatic N) is 1. The Morgan fingerprint density at radius 2 is 2.21 bits per heavy atom. The van der Waals surface area contributed by atoms with Gasteiger partial charge < -0.3 is 5.32 Å². The summed E-state index contributed by atoms with van der Waals surface area (Å²) in [6.45, 7) is 11.8. The van der Waals surface area contributed by atoms with Crippen LogP contribution in [-0.4, -0.2) is 37.1 Å². The molecule has 1 atom stereocenters. The van der Waals surface area contributed by atoms with Crippen molar-refractivity contribution in [2.45, 2.75) is 46.1 Å². The van der Waals surface area contributed by atoms with E-state index in [0.29, 0.717) is 0 Å². The monoisotopic (exact) mass is 198 g/mol. The van der Waals surface area contributed by atoms with E-state index >= 15 is 0 Å². The molecule has 2 heteroatoms. The average Bonchev–Trinajstić information content (AvgIpc) is 2.18. The van der Waals surface area contributed by atoms with Crippen molar-refractivity contribution in [1.82, 2.24) is 10.2 Å². The Morgan fingerprint density at radius 1 is 1.43 bits per heavy atom. The van der Waals surface area contributed by atoms with Crippen LogP contribution in [0.4, 0.5) is 0 Å². The standard InChI is InChI=1S/C12H26N2/c1-4-12-10-13-7-9-14(12)8-5-6-11(2)3/h11-13H,4-10H2,1-3H3. The van der Waals surface area contributed by atoms with Crippen molar-refractivity contribution in [3.8, 4) is 0 Å². The number of piperazine rings is 1. The van der Waals surface area contributed by atoms with Gasteiger partial charge in [-0.25, -0.2) is 0 Å². The van der Waals surface area contributed by atoms with E-state index in [1.54, 1.807) is 0 Å². The fourth-order valence-corrected chi connectivity index (χ4v) is 2.20. The molecule has 0 aliphatic carbocycles. The number of hydrogen-bond donors (Lipinski definition) is 1. The minimum Gasteiger partial charge on any atom is -0.314 e. The predicted molar refractivity (Wildman–Crippen MR) is 62.6 cm³/mol. The Kier molecular flexibility index (Phi) is 5.49. The van der Waals surface area contributed by atoms with Crippen LogP contribution >= 0.6 is 0 Å². The number of nitrogens with one attached hydrogen (secondary N) is 1. The molecule has 1 aliphatic rings. The summed E-state index contributed by atoms with van der Waals surface area (Å²) in [6, 6.07) is 0.788. The second-order valence-corrected chi connectivity index (χ2v) is 4.84. The van der Waals surface area contributed by atoms with Gasteiger partial charge in [0.05, 0.1) is 0 Å². The Balaban J connectivity index is 2.19. The summed E-state index contributed by atoms with van der Waals surface area (Å²) in [6.07, 6.45) is 4.03. The van der Waals surface area contributed by atoms with Crippen LogP contribution in [0.2, 0.25) is 0 Å². The molecule has 1 fully saturated rings. The van der Waals surface area contributed by atoms with E-state index in [-0.39, 0.29) is 0 Å². The smallest absolute Gasteiger partial charge is 0.0218 e. The van der Waals surface area contributed by atoms with Gasteiger partial charge in [-0.1, -0.05) is 20.8 Å². The largest absolute Gasteiger partial charge is 0.314 e. The van der Waals surface area contributed by atoms with E-state index in [0.717, 1.165) is 12.0 Å². The lowest BCUT2D eigenvalue weighted by Crippen LogP contribution is -2.51. The van der Waals surface area contributed by atoms with Gasteiger partial charge in [0.25, 0.3) is 0 Å². The van der Waals surface area contributed by atoms with E-state index in [1.807, 2.05) is 0 Å². The normalized spacial score (nSPS) is 24.4. The van der Waals surface area contributed by atoms with Gasteiger partial charge >= 0.3 is 0 Å². The van der Waals surface area contributed by atoms with Crippen LogP contribution in [0.15, 0.2) is 0 Å². The van der Waals surface area contributed by atoms with Gasteiger partial charge in [0.15, 0.2) is 0 Å². The van der Waals surface area contributed by atoms with E-state index in [4.69, 9.17) is 0 Å². The maximum absolute atomic E-state index is 3.47. The van der Waals surface area contributed by atoms with Crippen molar-refractivity contribution in [1.29, 1.82) is 0 Å². The molecule has 0 aromatic rings. The molecule has 1 aliphatic heterocycles. The highest BCUT2D eigenvalue weighted by molar-refractivity contribution is 4.78. The molecule has 1 N–H and O–H groups in total. The summed E-state index contributed by atoms with van der Waals surface area (Å²) >= 11 is 0.